The fourth-order valence-electron chi connectivity index (χ4n) is 3.90. The van der Waals surface area contributed by atoms with E-state index in [4.69, 9.17) is 10.5 Å². The average Bonchev–Trinajstić information content (AvgIpc) is 2.76. The van der Waals surface area contributed by atoms with E-state index in [1.54, 1.807) is 6.07 Å². The smallest absolute Gasteiger partial charge is 0.335 e. The fraction of sp³-hybridized carbons (Fsp3) is 0.346. The Bertz CT molecular complexity index is 1350. The van der Waals surface area contributed by atoms with Crippen LogP contribution in [0.5, 0.6) is 5.88 Å². The van der Waals surface area contributed by atoms with Crippen molar-refractivity contribution in [2.24, 2.45) is 11.1 Å². The number of rotatable bonds is 9. The normalized spacial score (nSPS) is 12.4. The van der Waals surface area contributed by atoms with Gasteiger partial charge in [-0.3, -0.25) is 0 Å². The molecule has 0 saturated carbocycles. The van der Waals surface area contributed by atoms with Crippen molar-refractivity contribution in [1.29, 1.82) is 0 Å². The molecule has 9 nitrogen and oxygen atoms in total. The van der Waals surface area contributed by atoms with E-state index in [1.807, 2.05) is 32.0 Å². The summed E-state index contributed by atoms with van der Waals surface area (Å²) in [6.45, 7) is 10.3. The van der Waals surface area contributed by atoms with Crippen LogP contribution in [0, 0.1) is 19.3 Å². The fourth-order valence-corrected chi connectivity index (χ4v) is 4.89. The largest absolute Gasteiger partial charge is 0.478 e. The number of sulfonamides is 1. The number of aromatic nitrogens is 2. The molecular weight excluding hydrogens is 516 g/mol. The zero-order valence-electron chi connectivity index (χ0n) is 21.5. The lowest BCUT2D eigenvalue weighted by atomic mass is 9.89. The Kier molecular flexibility index (Phi) is 9.65. The van der Waals surface area contributed by atoms with Gasteiger partial charge in [-0.05, 0) is 55.0 Å². The minimum Gasteiger partial charge on any atom is -0.478 e. The van der Waals surface area contributed by atoms with Crippen LogP contribution in [0.25, 0.3) is 11.3 Å². The van der Waals surface area contributed by atoms with E-state index < -0.39 is 16.0 Å². The van der Waals surface area contributed by atoms with Gasteiger partial charge in [0, 0.05) is 17.7 Å². The molecule has 0 saturated heterocycles. The minimum atomic E-state index is -4.18. The number of benzene rings is 2. The highest BCUT2D eigenvalue weighted by Gasteiger charge is 2.21. The third kappa shape index (κ3) is 8.14. The number of hydrogen-bond acceptors (Lipinski definition) is 7. The van der Waals surface area contributed by atoms with E-state index in [1.165, 1.54) is 18.2 Å². The highest BCUT2D eigenvalue weighted by Crippen LogP contribution is 2.29. The summed E-state index contributed by atoms with van der Waals surface area (Å²) in [6, 6.07) is 12.2. The molecule has 3 rings (SSSR count). The van der Waals surface area contributed by atoms with E-state index >= 15 is 0 Å². The van der Waals surface area contributed by atoms with Gasteiger partial charge in [0.15, 0.2) is 0 Å². The third-order valence-corrected chi connectivity index (χ3v) is 6.70. The molecule has 200 valence electrons. The SMILES string of the molecule is Cc1cccc(C)c1-c1cc(OC[C@H](N)CC(C)(C)C)nc(NS(=O)(=O)c2cccc(C(=O)O)c2)n1.Cl. The van der Waals surface area contributed by atoms with Gasteiger partial charge in [0.2, 0.25) is 11.8 Å². The maximum absolute atomic E-state index is 13.0. The highest BCUT2D eigenvalue weighted by atomic mass is 35.5. The Balaban J connectivity index is 0.00000481. The first kappa shape index (κ1) is 30.0. The van der Waals surface area contributed by atoms with Crippen LogP contribution in [0.2, 0.25) is 0 Å². The van der Waals surface area contributed by atoms with E-state index in [-0.39, 0.29) is 52.8 Å². The molecule has 11 heteroatoms. The van der Waals surface area contributed by atoms with Crippen LogP contribution in [0.1, 0.15) is 48.7 Å². The first-order valence-electron chi connectivity index (χ1n) is 11.5. The van der Waals surface area contributed by atoms with Crippen molar-refractivity contribution in [3.8, 4) is 17.1 Å². The van der Waals surface area contributed by atoms with E-state index in [9.17, 15) is 18.3 Å². The van der Waals surface area contributed by atoms with Crippen LogP contribution in [-0.4, -0.2) is 42.1 Å². The van der Waals surface area contributed by atoms with Crippen molar-refractivity contribution >= 4 is 34.3 Å². The van der Waals surface area contributed by atoms with Crippen molar-refractivity contribution in [2.75, 3.05) is 11.3 Å². The summed E-state index contributed by atoms with van der Waals surface area (Å²) in [6.07, 6.45) is 0.723. The number of nitrogens with one attached hydrogen (secondary N) is 1. The standard InChI is InChI=1S/C26H32N4O5S.ClH/c1-16-8-6-9-17(2)23(16)21-13-22(35-15-19(27)14-26(3,4)5)29-25(28-21)30-36(33,34)20-11-7-10-18(12-20)24(31)32;/h6-13,19H,14-15,27H2,1-5H3,(H,31,32)(H,28,29,30);1H/t19-;/m1./s1. The summed E-state index contributed by atoms with van der Waals surface area (Å²) in [7, 11) is -4.18. The van der Waals surface area contributed by atoms with Gasteiger partial charge in [-0.2, -0.15) is 4.98 Å². The molecule has 0 unspecified atom stereocenters. The van der Waals surface area contributed by atoms with Crippen LogP contribution < -0.4 is 15.2 Å². The topological polar surface area (TPSA) is 144 Å². The van der Waals surface area contributed by atoms with Crippen molar-refractivity contribution in [3.05, 3.63) is 65.2 Å². The number of ether oxygens (including phenoxy) is 1. The van der Waals surface area contributed by atoms with Gasteiger partial charge < -0.3 is 15.6 Å². The number of carboxylic acid groups (broad SMARTS) is 1. The predicted molar refractivity (Wildman–Crippen MR) is 146 cm³/mol. The van der Waals surface area contributed by atoms with Crippen LogP contribution in [0.15, 0.2) is 53.4 Å². The number of carboxylic acids is 1. The van der Waals surface area contributed by atoms with E-state index in [2.05, 4.69) is 35.5 Å². The lowest BCUT2D eigenvalue weighted by molar-refractivity contribution is 0.0696. The molecule has 3 aromatic rings. The Morgan fingerprint density at radius 2 is 1.70 bits per heavy atom. The molecule has 0 aliphatic heterocycles. The Morgan fingerprint density at radius 3 is 2.30 bits per heavy atom. The Labute approximate surface area is 224 Å². The quantitative estimate of drug-likeness (QED) is 0.345. The summed E-state index contributed by atoms with van der Waals surface area (Å²) >= 11 is 0. The molecule has 0 bridgehead atoms. The van der Waals surface area contributed by atoms with Crippen molar-refractivity contribution in [3.63, 3.8) is 0 Å². The molecule has 0 radical (unpaired) electrons. The lowest BCUT2D eigenvalue weighted by Gasteiger charge is -2.23. The van der Waals surface area contributed by atoms with Gasteiger partial charge in [0.05, 0.1) is 16.2 Å². The van der Waals surface area contributed by atoms with E-state index in [0.29, 0.717) is 5.69 Å². The minimum absolute atomic E-state index is 0. The van der Waals surface area contributed by atoms with E-state index in [0.717, 1.165) is 29.2 Å². The summed E-state index contributed by atoms with van der Waals surface area (Å²) < 4.78 is 34.3. The maximum Gasteiger partial charge on any atom is 0.335 e. The first-order chi connectivity index (χ1) is 16.7. The molecule has 0 spiro atoms. The number of anilines is 1. The van der Waals surface area contributed by atoms with Crippen LogP contribution >= 0.6 is 12.4 Å². The van der Waals surface area contributed by atoms with Gasteiger partial charge >= 0.3 is 5.97 Å². The van der Waals surface area contributed by atoms with Crippen LogP contribution in [0.3, 0.4) is 0 Å². The zero-order chi connectivity index (χ0) is 26.7. The zero-order valence-corrected chi connectivity index (χ0v) is 23.1. The third-order valence-electron chi connectivity index (χ3n) is 5.38. The molecule has 1 aromatic heterocycles. The van der Waals surface area contributed by atoms with Crippen molar-refractivity contribution < 1.29 is 23.1 Å². The lowest BCUT2D eigenvalue weighted by Crippen LogP contribution is -2.32. The number of hydrogen-bond donors (Lipinski definition) is 3. The van der Waals surface area contributed by atoms with Crippen LogP contribution in [-0.2, 0) is 10.0 Å². The number of carbonyl (C=O) groups is 1. The second kappa shape index (κ2) is 11.9. The number of nitrogens with zero attached hydrogens (tertiary/aromatic N) is 2. The molecular formula is C26H33ClN4O5S. The summed E-state index contributed by atoms with van der Waals surface area (Å²) in [5.74, 6) is -1.26. The summed E-state index contributed by atoms with van der Waals surface area (Å²) in [5, 5.41) is 9.22. The Morgan fingerprint density at radius 1 is 1.08 bits per heavy atom. The summed E-state index contributed by atoms with van der Waals surface area (Å²) in [4.78, 5) is 19.8. The molecule has 0 amide bonds. The van der Waals surface area contributed by atoms with Crippen LogP contribution in [0.4, 0.5) is 5.95 Å². The van der Waals surface area contributed by atoms with Gasteiger partial charge in [0.25, 0.3) is 10.0 Å². The second-order valence-electron chi connectivity index (χ2n) is 9.96. The molecule has 4 N–H and O–H groups in total. The second-order valence-corrected chi connectivity index (χ2v) is 11.6. The number of aryl methyl sites for hydroxylation is 2. The first-order valence-corrected chi connectivity index (χ1v) is 12.9. The van der Waals surface area contributed by atoms with Crippen molar-refractivity contribution in [2.45, 2.75) is 52.0 Å². The molecule has 0 fully saturated rings. The average molecular weight is 549 g/mol. The summed E-state index contributed by atoms with van der Waals surface area (Å²) in [5.41, 5.74) is 9.31. The predicted octanol–water partition coefficient (Wildman–Crippen LogP) is 4.82. The van der Waals surface area contributed by atoms with Gasteiger partial charge in [-0.1, -0.05) is 45.0 Å². The Hall–Kier alpha value is -3.21. The van der Waals surface area contributed by atoms with Gasteiger partial charge in [-0.25, -0.2) is 22.9 Å². The maximum atomic E-state index is 13.0. The molecule has 2 aromatic carbocycles. The number of halogens is 1. The molecule has 37 heavy (non-hydrogen) atoms. The number of nitrogens with two attached hydrogens (primary N) is 1. The molecule has 0 aliphatic rings. The number of aromatic carboxylic acids is 1. The molecule has 0 aliphatic carbocycles. The molecule has 1 heterocycles. The van der Waals surface area contributed by atoms with Crippen molar-refractivity contribution in [1.82, 2.24) is 9.97 Å². The highest BCUT2D eigenvalue weighted by molar-refractivity contribution is 7.92. The monoisotopic (exact) mass is 548 g/mol. The van der Waals surface area contributed by atoms with Gasteiger partial charge in [-0.15, -0.1) is 12.4 Å². The molecule has 1 atom stereocenters. The van der Waals surface area contributed by atoms with Gasteiger partial charge in [0.1, 0.15) is 6.61 Å².